The summed E-state index contributed by atoms with van der Waals surface area (Å²) in [5, 5.41) is 9.39. The number of hydrazone groups is 1. The fourth-order valence-electron chi connectivity index (χ4n) is 3.73. The Morgan fingerprint density at radius 1 is 1.16 bits per heavy atom. The van der Waals surface area contributed by atoms with Crippen molar-refractivity contribution >= 4 is 40.3 Å². The Balaban J connectivity index is 1.48. The number of hydrogen-bond acceptors (Lipinski definition) is 7. The lowest BCUT2D eigenvalue weighted by Crippen LogP contribution is -2.36. The molecule has 0 spiro atoms. The van der Waals surface area contributed by atoms with Gasteiger partial charge in [0, 0.05) is 30.9 Å². The number of amidine groups is 1. The number of fused-ring (bicyclic) bond motifs is 1. The number of morpholine rings is 1. The second-order valence-corrected chi connectivity index (χ2v) is 7.39. The lowest BCUT2D eigenvalue weighted by atomic mass is 10.1. The number of nitrogens with zero attached hydrogens (tertiary/aromatic N) is 6. The first kappa shape index (κ1) is 20.0. The standard InChI is InChI=1S/C23H24N8O/c1-3-27-31-16(2)28-20(17-4-6-19-21(12-17)26-15-25-19)13-23(31)29-22-7-5-18(14-24-22)30-8-10-32-11-9-30/h3-7,12-15,28H,2,8-11H2,1H3,(H,25,26)/b27-3-,29-23?. The molecule has 9 nitrogen and oxygen atoms in total. The third kappa shape index (κ3) is 3.97. The summed E-state index contributed by atoms with van der Waals surface area (Å²) < 4.78 is 5.43. The number of imidazole rings is 1. The molecule has 2 aromatic heterocycles. The summed E-state index contributed by atoms with van der Waals surface area (Å²) in [5.41, 5.74) is 4.81. The van der Waals surface area contributed by atoms with Crippen LogP contribution in [0.3, 0.4) is 0 Å². The maximum Gasteiger partial charge on any atom is 0.160 e. The van der Waals surface area contributed by atoms with Gasteiger partial charge in [-0.05, 0) is 31.2 Å². The summed E-state index contributed by atoms with van der Waals surface area (Å²) in [6.45, 7) is 9.19. The van der Waals surface area contributed by atoms with Crippen LogP contribution >= 0.6 is 0 Å². The molecule has 5 rings (SSSR count). The number of ether oxygens (including phenoxy) is 1. The van der Waals surface area contributed by atoms with Crippen LogP contribution in [0, 0.1) is 0 Å². The Morgan fingerprint density at radius 3 is 2.81 bits per heavy atom. The van der Waals surface area contributed by atoms with Crippen molar-refractivity contribution in [2.45, 2.75) is 6.92 Å². The molecule has 9 heteroatoms. The molecule has 3 aromatic rings. The second kappa shape index (κ2) is 8.64. The van der Waals surface area contributed by atoms with Crippen LogP contribution in [0.5, 0.6) is 0 Å². The molecule has 162 valence electrons. The third-order valence-corrected chi connectivity index (χ3v) is 5.32. The Bertz CT molecular complexity index is 1220. The van der Waals surface area contributed by atoms with Gasteiger partial charge in [0.2, 0.25) is 0 Å². The smallest absolute Gasteiger partial charge is 0.160 e. The lowest BCUT2D eigenvalue weighted by molar-refractivity contribution is 0.122. The number of hydrogen-bond donors (Lipinski definition) is 2. The predicted octanol–water partition coefficient (Wildman–Crippen LogP) is 3.25. The van der Waals surface area contributed by atoms with Gasteiger partial charge in [-0.1, -0.05) is 12.6 Å². The van der Waals surface area contributed by atoms with Gasteiger partial charge < -0.3 is 19.9 Å². The Kier molecular flexibility index (Phi) is 5.39. The maximum absolute atomic E-state index is 5.43. The minimum absolute atomic E-state index is 0.600. The summed E-state index contributed by atoms with van der Waals surface area (Å²) in [6.07, 6.45) is 7.18. The van der Waals surface area contributed by atoms with Crippen LogP contribution in [0.1, 0.15) is 12.5 Å². The van der Waals surface area contributed by atoms with Crippen molar-refractivity contribution in [1.82, 2.24) is 25.3 Å². The first-order chi connectivity index (χ1) is 15.7. The first-order valence-corrected chi connectivity index (χ1v) is 10.5. The zero-order chi connectivity index (χ0) is 21.9. The molecular formula is C23H24N8O. The molecule has 4 heterocycles. The van der Waals surface area contributed by atoms with E-state index >= 15 is 0 Å². The van der Waals surface area contributed by atoms with Crippen molar-refractivity contribution in [1.29, 1.82) is 0 Å². The van der Waals surface area contributed by atoms with Crippen LogP contribution in [-0.4, -0.2) is 58.3 Å². The van der Waals surface area contributed by atoms with E-state index in [1.165, 1.54) is 0 Å². The average molecular weight is 429 g/mol. The number of rotatable bonds is 4. The molecule has 0 radical (unpaired) electrons. The number of H-pyrrole nitrogens is 1. The van der Waals surface area contributed by atoms with Crippen molar-refractivity contribution in [3.8, 4) is 0 Å². The van der Waals surface area contributed by atoms with Crippen LogP contribution in [0.4, 0.5) is 11.5 Å². The number of aromatic amines is 1. The number of pyridine rings is 1. The quantitative estimate of drug-likeness (QED) is 0.620. The Hall–Kier alpha value is -3.98. The molecule has 2 aliphatic heterocycles. The van der Waals surface area contributed by atoms with Crippen LogP contribution in [-0.2, 0) is 4.74 Å². The molecule has 0 amide bonds. The molecule has 0 aliphatic carbocycles. The van der Waals surface area contributed by atoms with Crippen LogP contribution in [0.2, 0.25) is 0 Å². The normalized spacial score (nSPS) is 18.5. The molecule has 0 unspecified atom stereocenters. The van der Waals surface area contributed by atoms with Crippen LogP contribution < -0.4 is 10.2 Å². The van der Waals surface area contributed by atoms with Gasteiger partial charge in [-0.15, -0.1) is 0 Å². The zero-order valence-corrected chi connectivity index (χ0v) is 17.8. The summed E-state index contributed by atoms with van der Waals surface area (Å²) in [7, 11) is 0. The van der Waals surface area contributed by atoms with Gasteiger partial charge in [0.1, 0.15) is 5.82 Å². The largest absolute Gasteiger partial charge is 0.378 e. The van der Waals surface area contributed by atoms with Crippen molar-refractivity contribution < 1.29 is 4.74 Å². The number of aromatic nitrogens is 3. The number of nitrogens with one attached hydrogen (secondary N) is 2. The highest BCUT2D eigenvalue weighted by Gasteiger charge is 2.21. The summed E-state index contributed by atoms with van der Waals surface area (Å²) in [5.74, 6) is 1.83. The molecule has 2 aliphatic rings. The van der Waals surface area contributed by atoms with Gasteiger partial charge in [-0.25, -0.2) is 15.0 Å². The van der Waals surface area contributed by atoms with Crippen molar-refractivity contribution in [2.24, 2.45) is 10.1 Å². The second-order valence-electron chi connectivity index (χ2n) is 7.39. The van der Waals surface area contributed by atoms with Crippen LogP contribution in [0.25, 0.3) is 16.7 Å². The van der Waals surface area contributed by atoms with E-state index in [0.717, 1.165) is 54.3 Å². The van der Waals surface area contributed by atoms with Crippen molar-refractivity contribution in [2.75, 3.05) is 31.2 Å². The van der Waals surface area contributed by atoms with Gasteiger partial charge >= 0.3 is 0 Å². The molecule has 1 saturated heterocycles. The van der Waals surface area contributed by atoms with Crippen molar-refractivity contribution in [3.63, 3.8) is 0 Å². The van der Waals surface area contributed by atoms with Gasteiger partial charge in [0.25, 0.3) is 0 Å². The average Bonchev–Trinajstić information content (AvgIpc) is 3.30. The van der Waals surface area contributed by atoms with E-state index in [0.29, 0.717) is 17.5 Å². The molecule has 1 fully saturated rings. The molecule has 0 bridgehead atoms. The number of aliphatic imine (C=N–C) groups is 1. The summed E-state index contributed by atoms with van der Waals surface area (Å²) in [4.78, 5) is 19.0. The lowest BCUT2D eigenvalue weighted by Gasteiger charge is -2.29. The molecule has 1 aromatic carbocycles. The van der Waals surface area contributed by atoms with Gasteiger partial charge in [0.05, 0.1) is 48.2 Å². The fraction of sp³-hybridized carbons (Fsp3) is 0.217. The molecule has 2 N–H and O–H groups in total. The number of benzene rings is 1. The van der Waals surface area contributed by atoms with E-state index in [1.807, 2.05) is 49.5 Å². The van der Waals surface area contributed by atoms with E-state index in [2.05, 4.69) is 36.8 Å². The first-order valence-electron chi connectivity index (χ1n) is 10.5. The van der Waals surface area contributed by atoms with E-state index in [4.69, 9.17) is 9.73 Å². The van der Waals surface area contributed by atoms with E-state index in [9.17, 15) is 0 Å². The third-order valence-electron chi connectivity index (χ3n) is 5.32. The highest BCUT2D eigenvalue weighted by Crippen LogP contribution is 2.25. The molecule has 32 heavy (non-hydrogen) atoms. The molecular weight excluding hydrogens is 404 g/mol. The Labute approximate surface area is 185 Å². The number of anilines is 1. The van der Waals surface area contributed by atoms with Crippen molar-refractivity contribution in [3.05, 3.63) is 66.9 Å². The van der Waals surface area contributed by atoms with E-state index < -0.39 is 0 Å². The Morgan fingerprint density at radius 2 is 2.03 bits per heavy atom. The minimum atomic E-state index is 0.600. The predicted molar refractivity (Wildman–Crippen MR) is 127 cm³/mol. The van der Waals surface area contributed by atoms with Gasteiger partial charge in [0.15, 0.2) is 11.7 Å². The monoisotopic (exact) mass is 428 g/mol. The van der Waals surface area contributed by atoms with Gasteiger partial charge in [-0.2, -0.15) is 10.1 Å². The topological polar surface area (TPSA) is 94.0 Å². The molecule has 0 saturated carbocycles. The fourth-order valence-corrected chi connectivity index (χ4v) is 3.73. The van der Waals surface area contributed by atoms with Gasteiger partial charge in [-0.3, -0.25) is 0 Å². The van der Waals surface area contributed by atoms with E-state index in [-0.39, 0.29) is 0 Å². The highest BCUT2D eigenvalue weighted by molar-refractivity contribution is 6.03. The maximum atomic E-state index is 5.43. The minimum Gasteiger partial charge on any atom is -0.378 e. The summed E-state index contributed by atoms with van der Waals surface area (Å²) in [6, 6.07) is 9.99. The molecule has 0 atom stereocenters. The summed E-state index contributed by atoms with van der Waals surface area (Å²) >= 11 is 0. The van der Waals surface area contributed by atoms with E-state index in [1.54, 1.807) is 17.6 Å². The van der Waals surface area contributed by atoms with Crippen LogP contribution in [0.15, 0.2) is 71.4 Å². The highest BCUT2D eigenvalue weighted by atomic mass is 16.5. The SMILES string of the molecule is C=C1NC(c2ccc3nc[nH]c3c2)=CC(=Nc2ccc(N3CCOCC3)cn2)N1/N=C\C. The zero-order valence-electron chi connectivity index (χ0n) is 17.8.